The van der Waals surface area contributed by atoms with Gasteiger partial charge in [-0.3, -0.25) is 4.98 Å². The molecular formula is C24H17F2IN6. The molecule has 3 heterocycles. The maximum atomic E-state index is 14.4. The van der Waals surface area contributed by atoms with Crippen LogP contribution in [0.1, 0.15) is 17.0 Å². The molecule has 2 aromatic carbocycles. The van der Waals surface area contributed by atoms with Crippen molar-refractivity contribution in [3.05, 3.63) is 105 Å². The number of pyridine rings is 1. The number of para-hydroxylation sites is 1. The molecule has 0 spiro atoms. The molecule has 0 bridgehead atoms. The van der Waals surface area contributed by atoms with Gasteiger partial charge in [0.15, 0.2) is 23.3 Å². The largest absolute Gasteiger partial charge is 0.265 e. The lowest BCUT2D eigenvalue weighted by Gasteiger charge is -2.06. The third-order valence-electron chi connectivity index (χ3n) is 5.11. The van der Waals surface area contributed by atoms with E-state index < -0.39 is 11.6 Å². The van der Waals surface area contributed by atoms with Gasteiger partial charge in [-0.1, -0.05) is 6.07 Å². The molecular weight excluding hydrogens is 537 g/mol. The molecule has 3 aromatic heterocycles. The van der Waals surface area contributed by atoms with Crippen LogP contribution in [0.2, 0.25) is 0 Å². The fourth-order valence-corrected chi connectivity index (χ4v) is 3.89. The number of nitrogens with zero attached hydrogens (tertiary/aromatic N) is 6. The molecule has 5 rings (SSSR count). The lowest BCUT2D eigenvalue weighted by atomic mass is 10.2. The average molecular weight is 554 g/mol. The molecule has 33 heavy (non-hydrogen) atoms. The summed E-state index contributed by atoms with van der Waals surface area (Å²) in [5, 5.41) is 9.22. The van der Waals surface area contributed by atoms with Crippen LogP contribution in [0, 0.1) is 22.1 Å². The first-order chi connectivity index (χ1) is 16.0. The number of hydrogen-bond acceptors (Lipinski definition) is 4. The van der Waals surface area contributed by atoms with Gasteiger partial charge in [0, 0.05) is 28.6 Å². The van der Waals surface area contributed by atoms with Crippen molar-refractivity contribution in [3.63, 3.8) is 0 Å². The third-order valence-corrected chi connectivity index (χ3v) is 5.83. The highest BCUT2D eigenvalue weighted by Crippen LogP contribution is 2.27. The van der Waals surface area contributed by atoms with Crippen molar-refractivity contribution in [2.75, 3.05) is 0 Å². The highest BCUT2D eigenvalue weighted by molar-refractivity contribution is 14.1. The van der Waals surface area contributed by atoms with Crippen LogP contribution in [0.4, 0.5) is 8.78 Å². The highest BCUT2D eigenvalue weighted by atomic mass is 127. The molecule has 0 saturated carbocycles. The highest BCUT2D eigenvalue weighted by Gasteiger charge is 2.21. The molecule has 0 radical (unpaired) electrons. The lowest BCUT2D eigenvalue weighted by molar-refractivity contribution is 0.560. The van der Waals surface area contributed by atoms with Gasteiger partial charge in [-0.2, -0.15) is 10.2 Å². The Labute approximate surface area is 202 Å². The summed E-state index contributed by atoms with van der Waals surface area (Å²) >= 11 is 2.24. The summed E-state index contributed by atoms with van der Waals surface area (Å²) in [5.74, 6) is -0.294. The number of halogens is 3. The van der Waals surface area contributed by atoms with Crippen LogP contribution in [-0.4, -0.2) is 29.5 Å². The second-order valence-corrected chi connectivity index (χ2v) is 8.69. The van der Waals surface area contributed by atoms with Gasteiger partial charge in [0.2, 0.25) is 0 Å². The van der Waals surface area contributed by atoms with Crippen LogP contribution in [-0.2, 0) is 6.42 Å². The van der Waals surface area contributed by atoms with E-state index in [1.807, 2.05) is 43.3 Å². The number of rotatable bonds is 5. The molecule has 0 aliphatic carbocycles. The summed E-state index contributed by atoms with van der Waals surface area (Å²) in [6.07, 6.45) is 5.54. The fourth-order valence-electron chi connectivity index (χ4n) is 3.53. The summed E-state index contributed by atoms with van der Waals surface area (Å²) in [6, 6.07) is 15.4. The Morgan fingerprint density at radius 3 is 2.30 bits per heavy atom. The van der Waals surface area contributed by atoms with Gasteiger partial charge in [0.25, 0.3) is 0 Å². The van der Waals surface area contributed by atoms with Gasteiger partial charge >= 0.3 is 0 Å². The second kappa shape index (κ2) is 8.81. The Bertz CT molecular complexity index is 1410. The van der Waals surface area contributed by atoms with Crippen LogP contribution in [0.3, 0.4) is 0 Å². The van der Waals surface area contributed by atoms with Crippen LogP contribution >= 0.6 is 22.6 Å². The molecule has 0 N–H and O–H groups in total. The minimum Gasteiger partial charge on any atom is -0.265 e. The summed E-state index contributed by atoms with van der Waals surface area (Å²) in [6.45, 7) is 1.83. The van der Waals surface area contributed by atoms with E-state index in [-0.39, 0.29) is 5.69 Å². The van der Waals surface area contributed by atoms with Crippen LogP contribution < -0.4 is 0 Å². The summed E-state index contributed by atoms with van der Waals surface area (Å²) in [5.41, 5.74) is 2.80. The molecule has 0 saturated heterocycles. The summed E-state index contributed by atoms with van der Waals surface area (Å²) in [7, 11) is 0. The zero-order valence-corrected chi connectivity index (χ0v) is 19.6. The van der Waals surface area contributed by atoms with E-state index in [4.69, 9.17) is 10.1 Å². The van der Waals surface area contributed by atoms with Gasteiger partial charge in [-0.15, -0.1) is 0 Å². The molecule has 6 nitrogen and oxygen atoms in total. The monoisotopic (exact) mass is 554 g/mol. The van der Waals surface area contributed by atoms with E-state index >= 15 is 0 Å². The Morgan fingerprint density at radius 2 is 1.61 bits per heavy atom. The molecule has 0 amide bonds. The number of aryl methyl sites for hydroxylation is 1. The number of benzene rings is 2. The Kier molecular flexibility index (Phi) is 5.71. The third kappa shape index (κ3) is 4.28. The quantitative estimate of drug-likeness (QED) is 0.277. The van der Waals surface area contributed by atoms with Crippen LogP contribution in [0.25, 0.3) is 22.9 Å². The van der Waals surface area contributed by atoms with Gasteiger partial charge in [-0.25, -0.2) is 23.1 Å². The summed E-state index contributed by atoms with van der Waals surface area (Å²) in [4.78, 5) is 8.80. The van der Waals surface area contributed by atoms with Crippen molar-refractivity contribution in [2.24, 2.45) is 0 Å². The Balaban J connectivity index is 1.64. The molecule has 5 aromatic rings. The minimum atomic E-state index is -0.693. The van der Waals surface area contributed by atoms with E-state index in [0.29, 0.717) is 29.3 Å². The maximum Gasteiger partial charge on any atom is 0.184 e. The normalized spacial score (nSPS) is 11.2. The van der Waals surface area contributed by atoms with Crippen molar-refractivity contribution in [1.82, 2.24) is 29.5 Å². The fraction of sp³-hybridized carbons (Fsp3) is 0.0833. The topological polar surface area (TPSA) is 61.4 Å². The number of aromatic nitrogens is 6. The molecule has 0 fully saturated rings. The first kappa shape index (κ1) is 21.4. The smallest absolute Gasteiger partial charge is 0.184 e. The Morgan fingerprint density at radius 1 is 0.909 bits per heavy atom. The maximum absolute atomic E-state index is 14.4. The van der Waals surface area contributed by atoms with Gasteiger partial charge in [0.05, 0.1) is 5.69 Å². The van der Waals surface area contributed by atoms with E-state index in [1.54, 1.807) is 23.3 Å². The zero-order valence-electron chi connectivity index (χ0n) is 17.5. The first-order valence-corrected chi connectivity index (χ1v) is 11.2. The lowest BCUT2D eigenvalue weighted by Crippen LogP contribution is -2.04. The van der Waals surface area contributed by atoms with E-state index in [9.17, 15) is 8.78 Å². The molecule has 164 valence electrons. The van der Waals surface area contributed by atoms with Crippen molar-refractivity contribution in [3.8, 4) is 22.9 Å². The van der Waals surface area contributed by atoms with Crippen molar-refractivity contribution < 1.29 is 8.78 Å². The predicted octanol–water partition coefficient (Wildman–Crippen LogP) is 5.30. The van der Waals surface area contributed by atoms with Crippen molar-refractivity contribution in [2.45, 2.75) is 13.3 Å². The molecule has 9 heteroatoms. The Hall–Kier alpha value is -3.47. The first-order valence-electron chi connectivity index (χ1n) is 10.1. The summed E-state index contributed by atoms with van der Waals surface area (Å²) < 4.78 is 32.8. The van der Waals surface area contributed by atoms with Gasteiger partial charge in [0.1, 0.15) is 11.4 Å². The van der Waals surface area contributed by atoms with E-state index in [0.717, 1.165) is 14.8 Å². The molecule has 0 aliphatic rings. The standard InChI is InChI=1S/C24H17F2IN6/c1-15-14-32(23-19(25)3-2-4-20(23)26)31-22(15)24-29-21(13-16-9-11-28-12-10-16)30-33(24)18-7-5-17(27)6-8-18/h2-12,14H,13H2,1H3. The molecule has 0 aliphatic heterocycles. The van der Waals surface area contributed by atoms with E-state index in [1.165, 1.54) is 22.9 Å². The van der Waals surface area contributed by atoms with Crippen molar-refractivity contribution >= 4 is 22.6 Å². The SMILES string of the molecule is Cc1cn(-c2c(F)cccc2F)nc1-c1nc(Cc2ccncc2)nn1-c1ccc(I)cc1. The van der Waals surface area contributed by atoms with Crippen LogP contribution in [0.15, 0.2) is 73.2 Å². The van der Waals surface area contributed by atoms with Gasteiger partial charge in [-0.05, 0) is 89.2 Å². The van der Waals surface area contributed by atoms with Crippen molar-refractivity contribution in [1.29, 1.82) is 0 Å². The minimum absolute atomic E-state index is 0.232. The predicted molar refractivity (Wildman–Crippen MR) is 128 cm³/mol. The number of hydrogen-bond donors (Lipinski definition) is 0. The van der Waals surface area contributed by atoms with Crippen LogP contribution in [0.5, 0.6) is 0 Å². The second-order valence-electron chi connectivity index (χ2n) is 7.45. The molecule has 0 unspecified atom stereocenters. The zero-order chi connectivity index (χ0) is 22.9. The van der Waals surface area contributed by atoms with E-state index in [2.05, 4.69) is 32.7 Å². The van der Waals surface area contributed by atoms with Gasteiger partial charge < -0.3 is 0 Å². The molecule has 0 atom stereocenters. The average Bonchev–Trinajstić information content (AvgIpc) is 3.38.